The molecule has 0 aliphatic rings. The molecule has 2 aromatic heterocycles. The number of nitrogens with zero attached hydrogens (tertiary/aromatic N) is 4. The summed E-state index contributed by atoms with van der Waals surface area (Å²) < 4.78 is 1.90. The second-order valence-electron chi connectivity index (χ2n) is 5.26. The van der Waals surface area contributed by atoms with Crippen molar-refractivity contribution in [1.29, 1.82) is 0 Å². The van der Waals surface area contributed by atoms with Gasteiger partial charge in [-0.1, -0.05) is 17.7 Å². The quantitative estimate of drug-likeness (QED) is 0.756. The van der Waals surface area contributed by atoms with Gasteiger partial charge >= 0.3 is 6.03 Å². The van der Waals surface area contributed by atoms with Gasteiger partial charge in [-0.25, -0.2) is 19.7 Å². The lowest BCUT2D eigenvalue weighted by Gasteiger charge is -2.10. The smallest absolute Gasteiger partial charge is 0.319 e. The summed E-state index contributed by atoms with van der Waals surface area (Å²) in [5, 5.41) is 5.62. The number of aryl methyl sites for hydroxylation is 1. The molecule has 3 aromatic rings. The van der Waals surface area contributed by atoms with Gasteiger partial charge in [0, 0.05) is 43.6 Å². The molecule has 1 aromatic carbocycles. The molecule has 0 saturated carbocycles. The summed E-state index contributed by atoms with van der Waals surface area (Å²) in [7, 11) is 0. The summed E-state index contributed by atoms with van der Waals surface area (Å²) in [6.07, 6.45) is 6.88. The largest absolute Gasteiger partial charge is 0.336 e. The van der Waals surface area contributed by atoms with Crippen LogP contribution in [0.5, 0.6) is 0 Å². The molecule has 24 heavy (non-hydrogen) atoms. The van der Waals surface area contributed by atoms with E-state index < -0.39 is 0 Å². The molecule has 0 aliphatic carbocycles. The zero-order valence-electron chi connectivity index (χ0n) is 13.3. The van der Waals surface area contributed by atoms with E-state index in [1.54, 1.807) is 24.7 Å². The number of amides is 2. The van der Waals surface area contributed by atoms with E-state index >= 15 is 0 Å². The van der Waals surface area contributed by atoms with Gasteiger partial charge in [0.1, 0.15) is 0 Å². The monoisotopic (exact) mass is 322 g/mol. The van der Waals surface area contributed by atoms with E-state index in [1.807, 2.05) is 42.0 Å². The van der Waals surface area contributed by atoms with Crippen molar-refractivity contribution < 1.29 is 4.79 Å². The molecule has 0 saturated heterocycles. The van der Waals surface area contributed by atoms with Crippen LogP contribution < -0.4 is 10.6 Å². The first-order chi connectivity index (χ1) is 11.7. The third kappa shape index (κ3) is 3.95. The Morgan fingerprint density at radius 2 is 1.83 bits per heavy atom. The van der Waals surface area contributed by atoms with Gasteiger partial charge in [-0.2, -0.15) is 0 Å². The molecule has 2 heterocycles. The summed E-state index contributed by atoms with van der Waals surface area (Å²) in [5.41, 5.74) is 1.91. The van der Waals surface area contributed by atoms with Gasteiger partial charge in [-0.15, -0.1) is 0 Å². The molecular formula is C17H18N6O. The SMILES string of the molecule is Cc1ccc(NC(=O)NCCn2ccnc2-c2ncccn2)cc1. The fourth-order valence-electron chi connectivity index (χ4n) is 2.21. The average Bonchev–Trinajstić information content (AvgIpc) is 3.06. The third-order valence-electron chi connectivity index (χ3n) is 3.43. The van der Waals surface area contributed by atoms with Gasteiger partial charge in [0.15, 0.2) is 11.6 Å². The minimum absolute atomic E-state index is 0.239. The standard InChI is InChI=1S/C17H18N6O/c1-13-3-5-14(6-4-13)22-17(24)21-10-12-23-11-9-20-16(23)15-18-7-2-8-19-15/h2-9,11H,10,12H2,1H3,(H2,21,22,24). The van der Waals surface area contributed by atoms with Crippen LogP contribution in [0.2, 0.25) is 0 Å². The van der Waals surface area contributed by atoms with Gasteiger partial charge in [0.25, 0.3) is 0 Å². The number of nitrogens with one attached hydrogen (secondary N) is 2. The van der Waals surface area contributed by atoms with Gasteiger partial charge in [0.2, 0.25) is 0 Å². The second kappa shape index (κ2) is 7.36. The predicted molar refractivity (Wildman–Crippen MR) is 91.5 cm³/mol. The maximum Gasteiger partial charge on any atom is 0.319 e. The molecule has 0 spiro atoms. The number of aromatic nitrogens is 4. The normalized spacial score (nSPS) is 10.4. The predicted octanol–water partition coefficient (Wildman–Crippen LogP) is 2.47. The van der Waals surface area contributed by atoms with Crippen LogP contribution in [-0.2, 0) is 6.54 Å². The molecule has 0 aliphatic heterocycles. The van der Waals surface area contributed by atoms with Crippen molar-refractivity contribution in [3.05, 3.63) is 60.7 Å². The number of hydrogen-bond donors (Lipinski definition) is 2. The highest BCUT2D eigenvalue weighted by Crippen LogP contribution is 2.11. The lowest BCUT2D eigenvalue weighted by molar-refractivity contribution is 0.251. The van der Waals surface area contributed by atoms with Crippen molar-refractivity contribution in [2.75, 3.05) is 11.9 Å². The molecule has 7 nitrogen and oxygen atoms in total. The fourth-order valence-corrected chi connectivity index (χ4v) is 2.21. The maximum atomic E-state index is 11.9. The van der Waals surface area contributed by atoms with Gasteiger partial charge in [-0.3, -0.25) is 0 Å². The number of rotatable bonds is 5. The Morgan fingerprint density at radius 1 is 1.08 bits per heavy atom. The fraction of sp³-hybridized carbons (Fsp3) is 0.176. The summed E-state index contributed by atoms with van der Waals surface area (Å²) in [5.74, 6) is 1.24. The van der Waals surface area contributed by atoms with Crippen LogP contribution in [0.4, 0.5) is 10.5 Å². The lowest BCUT2D eigenvalue weighted by atomic mass is 10.2. The maximum absolute atomic E-state index is 11.9. The first-order valence-electron chi connectivity index (χ1n) is 7.62. The highest BCUT2D eigenvalue weighted by Gasteiger charge is 2.08. The van der Waals surface area contributed by atoms with Crippen molar-refractivity contribution in [3.8, 4) is 11.6 Å². The number of anilines is 1. The van der Waals surface area contributed by atoms with E-state index in [2.05, 4.69) is 25.6 Å². The van der Waals surface area contributed by atoms with Crippen LogP contribution in [0, 0.1) is 6.92 Å². The Morgan fingerprint density at radius 3 is 2.58 bits per heavy atom. The Labute approximate surface area is 139 Å². The number of carbonyl (C=O) groups excluding carboxylic acids is 1. The van der Waals surface area contributed by atoms with Crippen LogP contribution in [0.15, 0.2) is 55.1 Å². The summed E-state index contributed by atoms with van der Waals surface area (Å²) in [4.78, 5) is 24.6. The number of imidazole rings is 1. The van der Waals surface area contributed by atoms with Crippen molar-refractivity contribution in [1.82, 2.24) is 24.8 Å². The molecule has 2 amide bonds. The molecule has 0 fully saturated rings. The third-order valence-corrected chi connectivity index (χ3v) is 3.43. The Hall–Kier alpha value is -3.22. The van der Waals surface area contributed by atoms with Crippen LogP contribution in [0.25, 0.3) is 11.6 Å². The van der Waals surface area contributed by atoms with E-state index in [1.165, 1.54) is 0 Å². The van der Waals surface area contributed by atoms with Crippen LogP contribution in [-0.4, -0.2) is 32.1 Å². The lowest BCUT2D eigenvalue weighted by Crippen LogP contribution is -2.31. The summed E-state index contributed by atoms with van der Waals surface area (Å²) >= 11 is 0. The molecule has 122 valence electrons. The highest BCUT2D eigenvalue weighted by atomic mass is 16.2. The molecule has 3 rings (SSSR count). The first kappa shape index (κ1) is 15.7. The zero-order valence-corrected chi connectivity index (χ0v) is 13.3. The zero-order chi connectivity index (χ0) is 16.8. The number of carbonyl (C=O) groups is 1. The Balaban J connectivity index is 1.53. The van der Waals surface area contributed by atoms with E-state index in [9.17, 15) is 4.79 Å². The van der Waals surface area contributed by atoms with E-state index in [-0.39, 0.29) is 6.03 Å². The second-order valence-corrected chi connectivity index (χ2v) is 5.26. The molecule has 0 atom stereocenters. The topological polar surface area (TPSA) is 84.7 Å². The number of urea groups is 1. The van der Waals surface area contributed by atoms with Crippen molar-refractivity contribution in [2.45, 2.75) is 13.5 Å². The summed E-state index contributed by atoms with van der Waals surface area (Å²) in [6, 6.07) is 9.16. The van der Waals surface area contributed by atoms with Crippen LogP contribution in [0.3, 0.4) is 0 Å². The number of hydrogen-bond acceptors (Lipinski definition) is 4. The van der Waals surface area contributed by atoms with Crippen molar-refractivity contribution >= 4 is 11.7 Å². The van der Waals surface area contributed by atoms with E-state index in [4.69, 9.17) is 0 Å². The molecule has 0 bridgehead atoms. The van der Waals surface area contributed by atoms with Crippen molar-refractivity contribution in [3.63, 3.8) is 0 Å². The van der Waals surface area contributed by atoms with Gasteiger partial charge < -0.3 is 15.2 Å². The molecule has 0 unspecified atom stereocenters. The Kier molecular flexibility index (Phi) is 4.81. The highest BCUT2D eigenvalue weighted by molar-refractivity contribution is 5.89. The van der Waals surface area contributed by atoms with E-state index in [0.29, 0.717) is 24.7 Å². The first-order valence-corrected chi connectivity index (χ1v) is 7.62. The van der Waals surface area contributed by atoms with E-state index in [0.717, 1.165) is 11.3 Å². The Bertz CT molecular complexity index is 797. The molecular weight excluding hydrogens is 304 g/mol. The van der Waals surface area contributed by atoms with Gasteiger partial charge in [-0.05, 0) is 25.1 Å². The number of benzene rings is 1. The van der Waals surface area contributed by atoms with Crippen molar-refractivity contribution in [2.24, 2.45) is 0 Å². The minimum atomic E-state index is -0.239. The molecule has 0 radical (unpaired) electrons. The molecule has 7 heteroatoms. The molecule has 2 N–H and O–H groups in total. The average molecular weight is 322 g/mol. The summed E-state index contributed by atoms with van der Waals surface area (Å²) in [6.45, 7) is 3.05. The van der Waals surface area contributed by atoms with Gasteiger partial charge in [0.05, 0.1) is 0 Å². The minimum Gasteiger partial charge on any atom is -0.336 e. The van der Waals surface area contributed by atoms with Crippen LogP contribution in [0.1, 0.15) is 5.56 Å². The van der Waals surface area contributed by atoms with Crippen LogP contribution >= 0.6 is 0 Å².